The fourth-order valence-electron chi connectivity index (χ4n) is 1.94. The molecule has 15 heavy (non-hydrogen) atoms. The number of fused-ring (bicyclic) bond motifs is 1. The molecule has 0 radical (unpaired) electrons. The number of nitrogens with zero attached hydrogens (tertiary/aromatic N) is 1. The molecule has 0 aromatic carbocycles. The Bertz CT molecular complexity index is 327. The Morgan fingerprint density at radius 2 is 2.27 bits per heavy atom. The number of primary amides is 1. The minimum absolute atomic E-state index is 0.152. The lowest BCUT2D eigenvalue weighted by Gasteiger charge is -2.24. The van der Waals surface area contributed by atoms with Gasteiger partial charge in [-0.2, -0.15) is 0 Å². The molecule has 1 amide bonds. The summed E-state index contributed by atoms with van der Waals surface area (Å²) in [7, 11) is 0. The van der Waals surface area contributed by atoms with Crippen LogP contribution in [0.1, 0.15) is 27.2 Å². The molecule has 1 heterocycles. The van der Waals surface area contributed by atoms with Crippen molar-refractivity contribution in [2.75, 3.05) is 6.54 Å². The average molecular weight is 226 g/mol. The van der Waals surface area contributed by atoms with Crippen molar-refractivity contribution in [1.82, 2.24) is 0 Å². The molecule has 2 unspecified atom stereocenters. The van der Waals surface area contributed by atoms with Gasteiger partial charge in [-0.15, -0.1) is 0 Å². The zero-order valence-electron chi connectivity index (χ0n) is 9.49. The second-order valence-corrected chi connectivity index (χ2v) is 6.32. The van der Waals surface area contributed by atoms with Crippen LogP contribution in [0.25, 0.3) is 0 Å². The first kappa shape index (κ1) is 11.0. The first-order valence-electron chi connectivity index (χ1n) is 5.50. The van der Waals surface area contributed by atoms with Crippen LogP contribution < -0.4 is 5.73 Å². The van der Waals surface area contributed by atoms with E-state index in [2.05, 4.69) is 25.8 Å². The molecule has 3 atom stereocenters. The van der Waals surface area contributed by atoms with Gasteiger partial charge in [-0.1, -0.05) is 32.5 Å². The molecule has 0 saturated heterocycles. The van der Waals surface area contributed by atoms with Crippen LogP contribution in [0.15, 0.2) is 4.99 Å². The van der Waals surface area contributed by atoms with E-state index in [0.29, 0.717) is 17.8 Å². The van der Waals surface area contributed by atoms with Crippen molar-refractivity contribution < 1.29 is 4.79 Å². The Balaban J connectivity index is 2.12. The Labute approximate surface area is 94.9 Å². The minimum Gasteiger partial charge on any atom is -0.368 e. The molecule has 0 spiro atoms. The molecule has 1 saturated carbocycles. The fraction of sp³-hybridized carbons (Fsp3) is 0.818. The van der Waals surface area contributed by atoms with Crippen LogP contribution >= 0.6 is 11.8 Å². The Morgan fingerprint density at radius 3 is 2.80 bits per heavy atom. The molecule has 2 rings (SSSR count). The topological polar surface area (TPSA) is 55.4 Å². The predicted molar refractivity (Wildman–Crippen MR) is 63.9 cm³/mol. The molecule has 1 fully saturated rings. The number of amides is 1. The van der Waals surface area contributed by atoms with Crippen LogP contribution in [0, 0.1) is 17.8 Å². The maximum atomic E-state index is 11.4. The second-order valence-electron chi connectivity index (χ2n) is 4.97. The van der Waals surface area contributed by atoms with Crippen molar-refractivity contribution in [2.45, 2.75) is 31.9 Å². The van der Waals surface area contributed by atoms with E-state index in [1.54, 1.807) is 11.8 Å². The largest absolute Gasteiger partial charge is 0.368 e. The Kier molecular flexibility index (Phi) is 2.57. The lowest BCUT2D eigenvalue weighted by Crippen LogP contribution is -2.35. The average Bonchev–Trinajstić information content (AvgIpc) is 2.90. The summed E-state index contributed by atoms with van der Waals surface area (Å²) in [6.45, 7) is 7.34. The van der Waals surface area contributed by atoms with E-state index >= 15 is 0 Å². The Hall–Kier alpha value is -0.510. The van der Waals surface area contributed by atoms with Crippen molar-refractivity contribution >= 4 is 22.7 Å². The third-order valence-electron chi connectivity index (χ3n) is 3.61. The van der Waals surface area contributed by atoms with E-state index < -0.39 is 0 Å². The summed E-state index contributed by atoms with van der Waals surface area (Å²) in [5.74, 6) is 1.26. The molecule has 2 N–H and O–H groups in total. The number of hydrogen-bond acceptors (Lipinski definition) is 3. The van der Waals surface area contributed by atoms with E-state index in [-0.39, 0.29) is 10.7 Å². The molecular weight excluding hydrogens is 208 g/mol. The number of carbonyl (C=O) groups excluding carboxylic acids is 1. The van der Waals surface area contributed by atoms with Gasteiger partial charge in [-0.3, -0.25) is 9.79 Å². The van der Waals surface area contributed by atoms with Gasteiger partial charge < -0.3 is 5.73 Å². The van der Waals surface area contributed by atoms with Crippen molar-refractivity contribution in [3.05, 3.63) is 0 Å². The van der Waals surface area contributed by atoms with E-state index in [4.69, 9.17) is 5.73 Å². The van der Waals surface area contributed by atoms with E-state index in [9.17, 15) is 4.79 Å². The zero-order chi connectivity index (χ0) is 11.2. The molecule has 84 valence electrons. The molecular formula is C11H18N2OS. The maximum Gasteiger partial charge on any atom is 0.234 e. The highest BCUT2D eigenvalue weighted by Gasteiger charge is 2.62. The highest BCUT2D eigenvalue weighted by atomic mass is 32.2. The zero-order valence-corrected chi connectivity index (χ0v) is 10.3. The number of nitrogens with two attached hydrogens (primary N) is 1. The van der Waals surface area contributed by atoms with Crippen LogP contribution in [0.4, 0.5) is 0 Å². The van der Waals surface area contributed by atoms with Gasteiger partial charge in [0.25, 0.3) is 0 Å². The van der Waals surface area contributed by atoms with Gasteiger partial charge in [0, 0.05) is 18.4 Å². The van der Waals surface area contributed by atoms with Crippen molar-refractivity contribution in [1.29, 1.82) is 0 Å². The first-order valence-corrected chi connectivity index (χ1v) is 6.32. The summed E-state index contributed by atoms with van der Waals surface area (Å²) in [4.78, 5) is 16.0. The first-order chi connectivity index (χ1) is 6.97. The van der Waals surface area contributed by atoms with Crippen LogP contribution in [0.2, 0.25) is 0 Å². The normalized spacial score (nSPS) is 35.7. The van der Waals surface area contributed by atoms with Crippen LogP contribution in [0.3, 0.4) is 0 Å². The number of rotatable bonds is 3. The van der Waals surface area contributed by atoms with Gasteiger partial charge in [-0.05, 0) is 12.3 Å². The molecule has 3 nitrogen and oxygen atoms in total. The standard InChI is InChI=1S/C11H18N2OS/c1-6(2)7(3)9-13-5-8-4-11(8,15-9)10(12)14/h6-8H,4-5H2,1-3H3,(H2,12,14)/t7-,8?,11?/m1/s1. The summed E-state index contributed by atoms with van der Waals surface area (Å²) >= 11 is 1.63. The quantitative estimate of drug-likeness (QED) is 0.796. The predicted octanol–water partition coefficient (Wildman–Crippen LogP) is 1.67. The maximum absolute atomic E-state index is 11.4. The molecule has 0 bridgehead atoms. The molecule has 0 aromatic rings. The van der Waals surface area contributed by atoms with Gasteiger partial charge in [0.1, 0.15) is 4.75 Å². The summed E-state index contributed by atoms with van der Waals surface area (Å²) in [5, 5.41) is 1.12. The third-order valence-corrected chi connectivity index (χ3v) is 5.39. The highest BCUT2D eigenvalue weighted by Crippen LogP contribution is 2.57. The van der Waals surface area contributed by atoms with Crippen molar-refractivity contribution in [3.63, 3.8) is 0 Å². The van der Waals surface area contributed by atoms with Gasteiger partial charge >= 0.3 is 0 Å². The SMILES string of the molecule is CC(C)[C@@H](C)C1=NCC2CC2(C(N)=O)S1. The Morgan fingerprint density at radius 1 is 1.60 bits per heavy atom. The molecule has 1 aliphatic heterocycles. The molecule has 2 aliphatic rings. The third kappa shape index (κ3) is 1.69. The lowest BCUT2D eigenvalue weighted by atomic mass is 9.99. The highest BCUT2D eigenvalue weighted by molar-refractivity contribution is 8.16. The summed E-state index contributed by atoms with van der Waals surface area (Å²) in [6, 6.07) is 0. The lowest BCUT2D eigenvalue weighted by molar-refractivity contribution is -0.118. The fourth-order valence-corrected chi connectivity index (χ4v) is 3.53. The van der Waals surface area contributed by atoms with Crippen LogP contribution in [-0.2, 0) is 4.79 Å². The van der Waals surface area contributed by atoms with E-state index in [0.717, 1.165) is 18.0 Å². The summed E-state index contributed by atoms with van der Waals surface area (Å²) in [5.41, 5.74) is 5.47. The molecule has 0 aromatic heterocycles. The number of aliphatic imine (C=N–C) groups is 1. The monoisotopic (exact) mass is 226 g/mol. The van der Waals surface area contributed by atoms with E-state index in [1.807, 2.05) is 0 Å². The number of thioether (sulfide) groups is 1. The smallest absolute Gasteiger partial charge is 0.234 e. The van der Waals surface area contributed by atoms with Crippen molar-refractivity contribution in [3.8, 4) is 0 Å². The van der Waals surface area contributed by atoms with E-state index in [1.165, 1.54) is 0 Å². The second kappa shape index (κ2) is 3.51. The van der Waals surface area contributed by atoms with Gasteiger partial charge in [-0.25, -0.2) is 0 Å². The van der Waals surface area contributed by atoms with Crippen LogP contribution in [-0.4, -0.2) is 22.2 Å². The number of carbonyl (C=O) groups is 1. The summed E-state index contributed by atoms with van der Waals surface area (Å²) < 4.78 is -0.291. The van der Waals surface area contributed by atoms with Gasteiger partial charge in [0.2, 0.25) is 5.91 Å². The molecule has 4 heteroatoms. The van der Waals surface area contributed by atoms with Crippen molar-refractivity contribution in [2.24, 2.45) is 28.5 Å². The minimum atomic E-state index is -0.291. The van der Waals surface area contributed by atoms with Gasteiger partial charge in [0.15, 0.2) is 0 Å². The van der Waals surface area contributed by atoms with Gasteiger partial charge in [0.05, 0.1) is 5.04 Å². The van der Waals surface area contributed by atoms with Crippen LogP contribution in [0.5, 0.6) is 0 Å². The summed E-state index contributed by atoms with van der Waals surface area (Å²) in [6.07, 6.45) is 0.921. The number of hydrogen-bond donors (Lipinski definition) is 1. The molecule has 1 aliphatic carbocycles.